The SMILES string of the molecule is CCNC(=O)C(C1CCc2ccccc2N1)N1CCN(c2cccc3[nH]ccc23)CC1. The van der Waals surface area contributed by atoms with Crippen molar-refractivity contribution in [1.82, 2.24) is 15.2 Å². The van der Waals surface area contributed by atoms with Gasteiger partial charge in [-0.05, 0) is 49.6 Å². The zero-order valence-corrected chi connectivity index (χ0v) is 18.1. The lowest BCUT2D eigenvalue weighted by Gasteiger charge is -2.43. The number of H-pyrrole nitrogens is 1. The van der Waals surface area contributed by atoms with E-state index in [1.807, 2.05) is 13.1 Å². The van der Waals surface area contributed by atoms with E-state index < -0.39 is 0 Å². The Labute approximate surface area is 183 Å². The maximum Gasteiger partial charge on any atom is 0.239 e. The number of anilines is 2. The van der Waals surface area contributed by atoms with Crippen LogP contribution < -0.4 is 15.5 Å². The number of amides is 1. The number of carbonyl (C=O) groups is 1. The van der Waals surface area contributed by atoms with Gasteiger partial charge in [-0.1, -0.05) is 24.3 Å². The summed E-state index contributed by atoms with van der Waals surface area (Å²) in [7, 11) is 0. The van der Waals surface area contributed by atoms with Crippen LogP contribution in [-0.2, 0) is 11.2 Å². The van der Waals surface area contributed by atoms with Crippen LogP contribution in [0.5, 0.6) is 0 Å². The van der Waals surface area contributed by atoms with Crippen LogP contribution in [0.25, 0.3) is 10.9 Å². The normalized spacial score (nSPS) is 20.2. The van der Waals surface area contributed by atoms with E-state index in [4.69, 9.17) is 0 Å². The quantitative estimate of drug-likeness (QED) is 0.597. The van der Waals surface area contributed by atoms with E-state index in [0.29, 0.717) is 6.54 Å². The summed E-state index contributed by atoms with van der Waals surface area (Å²) in [5, 5.41) is 8.03. The smallest absolute Gasteiger partial charge is 0.239 e. The number of hydrogen-bond acceptors (Lipinski definition) is 4. The zero-order chi connectivity index (χ0) is 21.2. The highest BCUT2D eigenvalue weighted by atomic mass is 16.2. The molecule has 5 rings (SSSR count). The van der Waals surface area contributed by atoms with Crippen molar-refractivity contribution in [2.45, 2.75) is 31.8 Å². The molecular weight excluding hydrogens is 386 g/mol. The third kappa shape index (κ3) is 3.88. The van der Waals surface area contributed by atoms with Gasteiger partial charge in [0.2, 0.25) is 5.91 Å². The van der Waals surface area contributed by atoms with Crippen LogP contribution in [0.3, 0.4) is 0 Å². The van der Waals surface area contributed by atoms with Crippen molar-refractivity contribution >= 4 is 28.2 Å². The maximum absolute atomic E-state index is 13.1. The zero-order valence-electron chi connectivity index (χ0n) is 18.1. The van der Waals surface area contributed by atoms with Crippen LogP contribution in [0.4, 0.5) is 11.4 Å². The maximum atomic E-state index is 13.1. The second-order valence-corrected chi connectivity index (χ2v) is 8.53. The molecule has 31 heavy (non-hydrogen) atoms. The van der Waals surface area contributed by atoms with Gasteiger partial charge >= 0.3 is 0 Å². The van der Waals surface area contributed by atoms with Crippen molar-refractivity contribution in [2.75, 3.05) is 42.9 Å². The molecule has 1 amide bonds. The van der Waals surface area contributed by atoms with Crippen molar-refractivity contribution in [1.29, 1.82) is 0 Å². The number of benzene rings is 2. The van der Waals surface area contributed by atoms with Crippen molar-refractivity contribution in [3.05, 3.63) is 60.3 Å². The first-order chi connectivity index (χ1) is 15.2. The molecule has 0 saturated carbocycles. The highest BCUT2D eigenvalue weighted by molar-refractivity contribution is 5.92. The van der Waals surface area contributed by atoms with E-state index in [9.17, 15) is 4.79 Å². The Morgan fingerprint density at radius 3 is 2.77 bits per heavy atom. The average molecular weight is 418 g/mol. The minimum atomic E-state index is -0.154. The monoisotopic (exact) mass is 417 g/mol. The average Bonchev–Trinajstić information content (AvgIpc) is 3.29. The summed E-state index contributed by atoms with van der Waals surface area (Å²) in [6, 6.07) is 17.0. The lowest BCUT2D eigenvalue weighted by atomic mass is 9.92. The molecule has 3 N–H and O–H groups in total. The number of fused-ring (bicyclic) bond motifs is 2. The van der Waals surface area contributed by atoms with Crippen LogP contribution in [0.2, 0.25) is 0 Å². The Kier molecular flexibility index (Phi) is 5.55. The van der Waals surface area contributed by atoms with Gasteiger partial charge < -0.3 is 20.5 Å². The molecule has 2 aliphatic heterocycles. The molecule has 2 aromatic carbocycles. The van der Waals surface area contributed by atoms with E-state index >= 15 is 0 Å². The Balaban J connectivity index is 1.33. The summed E-state index contributed by atoms with van der Waals surface area (Å²) in [4.78, 5) is 21.3. The van der Waals surface area contributed by atoms with E-state index in [-0.39, 0.29) is 18.0 Å². The molecule has 0 spiro atoms. The fourth-order valence-corrected chi connectivity index (χ4v) is 5.17. The lowest BCUT2D eigenvalue weighted by Crippen LogP contribution is -2.61. The van der Waals surface area contributed by atoms with Gasteiger partial charge in [-0.25, -0.2) is 0 Å². The molecule has 2 unspecified atom stereocenters. The van der Waals surface area contributed by atoms with Gasteiger partial charge in [0.1, 0.15) is 6.04 Å². The van der Waals surface area contributed by atoms with E-state index in [1.54, 1.807) is 0 Å². The predicted octanol–water partition coefficient (Wildman–Crippen LogP) is 3.22. The van der Waals surface area contributed by atoms with Crippen LogP contribution in [0.1, 0.15) is 18.9 Å². The van der Waals surface area contributed by atoms with Gasteiger partial charge in [0, 0.05) is 61.2 Å². The second kappa shape index (κ2) is 8.63. The summed E-state index contributed by atoms with van der Waals surface area (Å²) < 4.78 is 0. The Bertz CT molecular complexity index is 1050. The summed E-state index contributed by atoms with van der Waals surface area (Å²) in [5.41, 5.74) is 4.96. The largest absolute Gasteiger partial charge is 0.380 e. The highest BCUT2D eigenvalue weighted by Crippen LogP contribution is 2.30. The van der Waals surface area contributed by atoms with Gasteiger partial charge in [-0.2, -0.15) is 0 Å². The van der Waals surface area contributed by atoms with Crippen LogP contribution >= 0.6 is 0 Å². The molecule has 6 nitrogen and oxygen atoms in total. The summed E-state index contributed by atoms with van der Waals surface area (Å²) in [6.07, 6.45) is 3.99. The Hall–Kier alpha value is -2.99. The molecule has 3 aromatic rings. The summed E-state index contributed by atoms with van der Waals surface area (Å²) >= 11 is 0. The van der Waals surface area contributed by atoms with Crippen LogP contribution in [0.15, 0.2) is 54.7 Å². The molecule has 2 atom stereocenters. The van der Waals surface area contributed by atoms with Crippen molar-refractivity contribution in [2.24, 2.45) is 0 Å². The Morgan fingerprint density at radius 2 is 1.94 bits per heavy atom. The van der Waals surface area contributed by atoms with E-state index in [2.05, 4.69) is 73.9 Å². The van der Waals surface area contributed by atoms with E-state index in [0.717, 1.165) is 39.0 Å². The topological polar surface area (TPSA) is 63.4 Å². The minimum absolute atomic E-state index is 0.126. The molecule has 1 aromatic heterocycles. The number of aromatic nitrogens is 1. The number of nitrogens with zero attached hydrogens (tertiary/aromatic N) is 2. The highest BCUT2D eigenvalue weighted by Gasteiger charge is 2.37. The molecule has 3 heterocycles. The van der Waals surface area contributed by atoms with Crippen molar-refractivity contribution in [3.63, 3.8) is 0 Å². The number of likely N-dealkylation sites (N-methyl/N-ethyl adjacent to an activating group) is 1. The number of piperazine rings is 1. The number of para-hydroxylation sites is 1. The minimum Gasteiger partial charge on any atom is -0.380 e. The number of nitrogens with one attached hydrogen (secondary N) is 3. The Morgan fingerprint density at radius 1 is 1.10 bits per heavy atom. The fraction of sp³-hybridized carbons (Fsp3) is 0.400. The van der Waals surface area contributed by atoms with E-state index in [1.165, 1.54) is 27.8 Å². The molecule has 162 valence electrons. The number of rotatable bonds is 5. The molecule has 2 aliphatic rings. The molecular formula is C25H31N5O. The summed E-state index contributed by atoms with van der Waals surface area (Å²) in [5.74, 6) is 0.139. The summed E-state index contributed by atoms with van der Waals surface area (Å²) in [6.45, 7) is 6.25. The van der Waals surface area contributed by atoms with Gasteiger partial charge in [0.25, 0.3) is 0 Å². The molecule has 1 saturated heterocycles. The third-order valence-electron chi connectivity index (χ3n) is 6.70. The number of hydrogen-bond donors (Lipinski definition) is 3. The van der Waals surface area contributed by atoms with Gasteiger partial charge in [0.05, 0.1) is 6.04 Å². The first kappa shape index (κ1) is 19.9. The van der Waals surface area contributed by atoms with Gasteiger partial charge in [0.15, 0.2) is 0 Å². The molecule has 1 fully saturated rings. The molecule has 0 aliphatic carbocycles. The fourth-order valence-electron chi connectivity index (χ4n) is 5.17. The molecule has 6 heteroatoms. The standard InChI is InChI=1S/C25H31N5O/c1-2-26-25(31)24(22-11-10-18-6-3-4-7-20(18)28-22)30-16-14-29(15-17-30)23-9-5-8-21-19(23)12-13-27-21/h3-9,12-13,22,24,27-28H,2,10-11,14-17H2,1H3,(H,26,31). The lowest BCUT2D eigenvalue weighted by molar-refractivity contribution is -0.127. The van der Waals surface area contributed by atoms with Crippen molar-refractivity contribution < 1.29 is 4.79 Å². The van der Waals surface area contributed by atoms with Gasteiger partial charge in [-0.15, -0.1) is 0 Å². The first-order valence-corrected chi connectivity index (χ1v) is 11.4. The van der Waals surface area contributed by atoms with Gasteiger partial charge in [-0.3, -0.25) is 9.69 Å². The predicted molar refractivity (Wildman–Crippen MR) is 127 cm³/mol. The number of aromatic amines is 1. The van der Waals surface area contributed by atoms with Crippen LogP contribution in [0, 0.1) is 0 Å². The van der Waals surface area contributed by atoms with Crippen LogP contribution in [-0.4, -0.2) is 60.6 Å². The number of carbonyl (C=O) groups excluding carboxylic acids is 1. The third-order valence-corrected chi connectivity index (χ3v) is 6.70. The number of aryl methyl sites for hydroxylation is 1. The van der Waals surface area contributed by atoms with Crippen molar-refractivity contribution in [3.8, 4) is 0 Å². The second-order valence-electron chi connectivity index (χ2n) is 8.53. The first-order valence-electron chi connectivity index (χ1n) is 11.4. The molecule has 0 bridgehead atoms. The molecule has 0 radical (unpaired) electrons.